The van der Waals surface area contributed by atoms with Gasteiger partial charge in [-0.15, -0.1) is 0 Å². The van der Waals surface area contributed by atoms with Crippen LogP contribution in [0.4, 0.5) is 14.9 Å². The summed E-state index contributed by atoms with van der Waals surface area (Å²) in [7, 11) is 0. The summed E-state index contributed by atoms with van der Waals surface area (Å²) < 4.78 is 20.4. The maximum Gasteiger partial charge on any atom is 0.325 e. The Balaban J connectivity index is 1.39. The number of ether oxygens (including phenoxy) is 1. The van der Waals surface area contributed by atoms with Crippen LogP contribution in [0.25, 0.3) is 0 Å². The molecule has 10 heteroatoms. The first-order valence-corrected chi connectivity index (χ1v) is 13.6. The number of anilines is 1. The van der Waals surface area contributed by atoms with Crippen LogP contribution in [-0.4, -0.2) is 58.3 Å². The summed E-state index contributed by atoms with van der Waals surface area (Å²) in [6, 6.07) is 17.1. The second kappa shape index (κ2) is 12.1. The van der Waals surface area contributed by atoms with E-state index in [4.69, 9.17) is 9.84 Å². The number of benzene rings is 3. The van der Waals surface area contributed by atoms with Crippen LogP contribution >= 0.6 is 0 Å². The zero-order chi connectivity index (χ0) is 29.1. The lowest BCUT2D eigenvalue weighted by Crippen LogP contribution is -2.50. The van der Waals surface area contributed by atoms with Crippen molar-refractivity contribution in [2.45, 2.75) is 49.8 Å². The molecule has 1 saturated carbocycles. The van der Waals surface area contributed by atoms with E-state index in [0.29, 0.717) is 17.2 Å². The number of hydrogen-bond donors (Lipinski definition) is 4. The lowest BCUT2D eigenvalue weighted by atomic mass is 9.91. The fourth-order valence-corrected chi connectivity index (χ4v) is 5.00. The predicted octanol–water partition coefficient (Wildman–Crippen LogP) is 3.84. The van der Waals surface area contributed by atoms with Crippen molar-refractivity contribution >= 4 is 23.5 Å². The molecule has 1 aliphatic heterocycles. The average molecular weight is 562 g/mol. The van der Waals surface area contributed by atoms with Crippen molar-refractivity contribution < 1.29 is 33.7 Å². The van der Waals surface area contributed by atoms with E-state index in [2.05, 4.69) is 10.6 Å². The molecule has 0 bridgehead atoms. The Bertz CT molecular complexity index is 1410. The average Bonchev–Trinajstić information content (AvgIpc) is 3.80. The molecular formula is C31H32FN3O6. The first-order chi connectivity index (χ1) is 19.8. The molecule has 1 heterocycles. The second-order valence-electron chi connectivity index (χ2n) is 10.5. The lowest BCUT2D eigenvalue weighted by Gasteiger charge is -2.30. The summed E-state index contributed by atoms with van der Waals surface area (Å²) in [5.41, 5.74) is 2.06. The minimum Gasteiger partial charge on any atom is -0.491 e. The third-order valence-electron chi connectivity index (χ3n) is 7.48. The van der Waals surface area contributed by atoms with E-state index in [1.165, 1.54) is 12.1 Å². The molecule has 4 amide bonds. The van der Waals surface area contributed by atoms with Gasteiger partial charge in [0.05, 0.1) is 12.3 Å². The molecule has 2 aliphatic rings. The Morgan fingerprint density at radius 2 is 1.76 bits per heavy atom. The van der Waals surface area contributed by atoms with Crippen LogP contribution in [0.15, 0.2) is 72.8 Å². The highest BCUT2D eigenvalue weighted by atomic mass is 19.1. The monoisotopic (exact) mass is 561 g/mol. The van der Waals surface area contributed by atoms with Crippen molar-refractivity contribution in [3.05, 3.63) is 95.3 Å². The van der Waals surface area contributed by atoms with Crippen molar-refractivity contribution in [2.24, 2.45) is 0 Å². The van der Waals surface area contributed by atoms with Crippen LogP contribution in [-0.2, 0) is 9.59 Å². The maximum absolute atomic E-state index is 14.9. The molecule has 4 N–H and O–H groups in total. The number of halogens is 1. The number of hydrogen-bond acceptors (Lipinski definition) is 6. The maximum atomic E-state index is 14.9. The molecule has 0 radical (unpaired) electrons. The summed E-state index contributed by atoms with van der Waals surface area (Å²) in [6.45, 7) is 1.19. The van der Waals surface area contributed by atoms with Gasteiger partial charge in [0.25, 0.3) is 5.91 Å². The quantitative estimate of drug-likeness (QED) is 0.264. The number of carbonyl (C=O) groups is 3. The molecule has 9 nitrogen and oxygen atoms in total. The van der Waals surface area contributed by atoms with Crippen LogP contribution in [0, 0.1) is 5.82 Å². The number of aliphatic hydroxyl groups is 2. The molecule has 2 fully saturated rings. The number of urea groups is 1. The van der Waals surface area contributed by atoms with Gasteiger partial charge in [-0.1, -0.05) is 55.5 Å². The number of rotatable bonds is 11. The van der Waals surface area contributed by atoms with Gasteiger partial charge >= 0.3 is 6.03 Å². The van der Waals surface area contributed by atoms with Crippen molar-refractivity contribution in [1.29, 1.82) is 0 Å². The number of aliphatic hydroxyl groups excluding tert-OH is 2. The number of nitrogens with zero attached hydrogens (tertiary/aromatic N) is 1. The Morgan fingerprint density at radius 3 is 2.39 bits per heavy atom. The van der Waals surface area contributed by atoms with Crippen molar-refractivity contribution in [3.8, 4) is 5.75 Å². The summed E-state index contributed by atoms with van der Waals surface area (Å²) in [5.74, 6) is -1.73. The molecule has 0 spiro atoms. The van der Waals surface area contributed by atoms with Crippen LogP contribution in [0.1, 0.15) is 54.3 Å². The summed E-state index contributed by atoms with van der Waals surface area (Å²) in [5, 5.41) is 23.7. The Labute approximate surface area is 236 Å². The van der Waals surface area contributed by atoms with Gasteiger partial charge in [0.15, 0.2) is 0 Å². The van der Waals surface area contributed by atoms with Crippen LogP contribution in [0.5, 0.6) is 5.75 Å². The van der Waals surface area contributed by atoms with E-state index in [-0.39, 0.29) is 12.3 Å². The summed E-state index contributed by atoms with van der Waals surface area (Å²) in [6.07, 6.45) is 0.994. The minimum atomic E-state index is -1.26. The Morgan fingerprint density at radius 1 is 1.07 bits per heavy atom. The fourth-order valence-electron chi connectivity index (χ4n) is 5.00. The normalized spacial score (nSPS) is 18.9. The van der Waals surface area contributed by atoms with Crippen LogP contribution in [0.2, 0.25) is 0 Å². The van der Waals surface area contributed by atoms with Gasteiger partial charge in [0.1, 0.15) is 36.4 Å². The van der Waals surface area contributed by atoms with Gasteiger partial charge < -0.3 is 25.6 Å². The molecule has 41 heavy (non-hydrogen) atoms. The zero-order valence-electron chi connectivity index (χ0n) is 22.5. The molecule has 1 aliphatic carbocycles. The number of amides is 4. The number of imide groups is 1. The highest BCUT2D eigenvalue weighted by Gasteiger charge is 2.47. The standard InChI is InChI=1S/C31H32FN3O6/c1-18(19-5-3-2-4-6-19)28(29(38)33-26-14-11-22(15-25(26)32)20-7-8-20)35-30(39)27(34-31(35)40)21-9-12-24(13-10-21)41-17-23(37)16-36/h2-6,9-15,18,20,23,27-28,36-37H,7-8,16-17H2,1H3,(H,33,38)(H,34,40)/t18-,23?,27?,28-/m0/s1. The SMILES string of the molecule is C[C@@H](c1ccccc1)[C@@H](C(=O)Nc1ccc(C2CC2)cc1F)N1C(=O)NC(c2ccc(OCC(O)CO)cc2)C1=O. The van der Waals surface area contributed by atoms with E-state index >= 15 is 0 Å². The zero-order valence-corrected chi connectivity index (χ0v) is 22.5. The van der Waals surface area contributed by atoms with Gasteiger partial charge in [0, 0.05) is 5.92 Å². The van der Waals surface area contributed by atoms with Gasteiger partial charge in [-0.3, -0.25) is 9.59 Å². The Hall–Kier alpha value is -4.28. The summed E-state index contributed by atoms with van der Waals surface area (Å²) in [4.78, 5) is 41.6. The molecule has 2 unspecified atom stereocenters. The topological polar surface area (TPSA) is 128 Å². The molecule has 3 aromatic rings. The van der Waals surface area contributed by atoms with Crippen molar-refractivity contribution in [3.63, 3.8) is 0 Å². The minimum absolute atomic E-state index is 0.0184. The van der Waals surface area contributed by atoms with E-state index in [9.17, 15) is 23.9 Å². The smallest absolute Gasteiger partial charge is 0.325 e. The molecule has 0 aromatic heterocycles. The fraction of sp³-hybridized carbons (Fsp3) is 0.323. The molecule has 214 valence electrons. The highest BCUT2D eigenvalue weighted by Crippen LogP contribution is 2.41. The number of nitrogens with one attached hydrogen (secondary N) is 2. The van der Waals surface area contributed by atoms with E-state index in [1.807, 2.05) is 6.07 Å². The molecule has 1 saturated heterocycles. The highest BCUT2D eigenvalue weighted by molar-refractivity contribution is 6.10. The predicted molar refractivity (Wildman–Crippen MR) is 149 cm³/mol. The molecule has 3 aromatic carbocycles. The van der Waals surface area contributed by atoms with Gasteiger partial charge in [-0.05, 0) is 59.7 Å². The first kappa shape index (κ1) is 28.3. The second-order valence-corrected chi connectivity index (χ2v) is 10.5. The molecule has 5 rings (SSSR count). The van der Waals surface area contributed by atoms with Gasteiger partial charge in [-0.2, -0.15) is 0 Å². The van der Waals surface area contributed by atoms with E-state index < -0.39 is 54.4 Å². The van der Waals surface area contributed by atoms with Crippen molar-refractivity contribution in [1.82, 2.24) is 10.2 Å². The number of carbonyl (C=O) groups excluding carboxylic acids is 3. The summed E-state index contributed by atoms with van der Waals surface area (Å²) >= 11 is 0. The third-order valence-corrected chi connectivity index (χ3v) is 7.48. The largest absolute Gasteiger partial charge is 0.491 e. The van der Waals surface area contributed by atoms with E-state index in [0.717, 1.165) is 28.9 Å². The molecule has 4 atom stereocenters. The van der Waals surface area contributed by atoms with Crippen LogP contribution < -0.4 is 15.4 Å². The first-order valence-electron chi connectivity index (χ1n) is 13.6. The van der Waals surface area contributed by atoms with Gasteiger partial charge in [-0.25, -0.2) is 14.1 Å². The third kappa shape index (κ3) is 6.23. The lowest BCUT2D eigenvalue weighted by molar-refractivity contribution is -0.134. The van der Waals surface area contributed by atoms with Crippen molar-refractivity contribution in [2.75, 3.05) is 18.5 Å². The van der Waals surface area contributed by atoms with E-state index in [1.54, 1.807) is 61.5 Å². The molecular weight excluding hydrogens is 529 g/mol. The van der Waals surface area contributed by atoms with Gasteiger partial charge in [0.2, 0.25) is 5.91 Å². The van der Waals surface area contributed by atoms with Crippen LogP contribution in [0.3, 0.4) is 0 Å². The Kier molecular flexibility index (Phi) is 8.32.